The Hall–Kier alpha value is -0.211. The molecule has 22 nitrogen and oxygen atoms in total. The van der Waals surface area contributed by atoms with E-state index in [4.69, 9.17) is 87.6 Å². The van der Waals surface area contributed by atoms with Crippen LogP contribution in [-0.2, 0) is 69.1 Å². The molecule has 182 valence electrons. The van der Waals surface area contributed by atoms with Gasteiger partial charge in [-0.3, -0.25) is 42.1 Å². The maximum Gasteiger partial charge on any atom is 2.00 e. The van der Waals surface area contributed by atoms with Crippen molar-refractivity contribution in [1.82, 2.24) is 0 Å². The quantitative estimate of drug-likeness (QED) is 0.148. The maximum atomic E-state index is 8.52. The van der Waals surface area contributed by atoms with Gasteiger partial charge in [0.1, 0.15) is 0 Å². The fraction of sp³-hybridized carbons (Fsp3) is 0. The first-order chi connectivity index (χ1) is 10.0. The Morgan fingerprint density at radius 2 is 0.286 bits per heavy atom. The van der Waals surface area contributed by atoms with Gasteiger partial charge in [-0.15, -0.1) is 0 Å². The Morgan fingerprint density at radius 3 is 0.286 bits per heavy atom. The molecular formula is H2FeO22S5-10. The van der Waals surface area contributed by atoms with Crippen molar-refractivity contribution in [3.63, 3.8) is 0 Å². The number of rotatable bonds is 0. The van der Waals surface area contributed by atoms with Crippen LogP contribution in [0.25, 0.3) is 0 Å². The summed E-state index contributed by atoms with van der Waals surface area (Å²) in [4.78, 5) is 0. The van der Waals surface area contributed by atoms with Gasteiger partial charge in [0.25, 0.3) is 0 Å². The van der Waals surface area contributed by atoms with E-state index < -0.39 is 52.0 Å². The molecule has 0 saturated carbocycles. The van der Waals surface area contributed by atoms with Gasteiger partial charge in [0.2, 0.25) is 0 Å². The molecule has 28 heteroatoms. The summed E-state index contributed by atoms with van der Waals surface area (Å²) in [7, 11) is -25.8. The van der Waals surface area contributed by atoms with E-state index >= 15 is 0 Å². The molecule has 0 aliphatic heterocycles. The van der Waals surface area contributed by atoms with E-state index in [9.17, 15) is 0 Å². The van der Waals surface area contributed by atoms with E-state index in [1.807, 2.05) is 0 Å². The summed E-state index contributed by atoms with van der Waals surface area (Å²) < 4.78 is 170. The van der Waals surface area contributed by atoms with Crippen LogP contribution in [-0.4, -0.2) is 98.6 Å². The molecule has 0 radical (unpaired) electrons. The van der Waals surface area contributed by atoms with Crippen LogP contribution in [0.15, 0.2) is 0 Å². The largest absolute Gasteiger partial charge is 2.00 e. The molecule has 28 heavy (non-hydrogen) atoms. The van der Waals surface area contributed by atoms with E-state index in [1.54, 1.807) is 0 Å². The van der Waals surface area contributed by atoms with E-state index in [0.717, 1.165) is 0 Å². The van der Waals surface area contributed by atoms with E-state index in [0.29, 0.717) is 0 Å². The molecule has 0 saturated heterocycles. The molecule has 0 heterocycles. The zero-order valence-electron chi connectivity index (χ0n) is 11.5. The second kappa shape index (κ2) is 20.1. The van der Waals surface area contributed by atoms with Crippen molar-refractivity contribution in [2.45, 2.75) is 0 Å². The van der Waals surface area contributed by atoms with Crippen molar-refractivity contribution in [3.05, 3.63) is 0 Å². The monoisotopic (exact) mass is 570 g/mol. The molecule has 0 fully saturated rings. The zero-order valence-corrected chi connectivity index (χ0v) is 16.6. The Labute approximate surface area is 167 Å². The predicted molar refractivity (Wildman–Crippen MR) is 56.2 cm³/mol. The summed E-state index contributed by atoms with van der Waals surface area (Å²) in [6.45, 7) is 0. The predicted octanol–water partition coefficient (Wildman–Crippen LogP) is -7.05. The third kappa shape index (κ3) is 358000. The first-order valence-electron chi connectivity index (χ1n) is 3.33. The first kappa shape index (κ1) is 50.9. The topological polar surface area (TPSA) is 461 Å². The minimum Gasteiger partial charge on any atom is -0.870 e. The Morgan fingerprint density at radius 1 is 0.286 bits per heavy atom. The van der Waals surface area contributed by atoms with Crippen molar-refractivity contribution in [2.75, 3.05) is 0 Å². The van der Waals surface area contributed by atoms with Crippen LogP contribution < -0.4 is 0 Å². The second-order valence-corrected chi connectivity index (χ2v) is 6.12. The van der Waals surface area contributed by atoms with Crippen LogP contribution >= 0.6 is 0 Å². The van der Waals surface area contributed by atoms with Gasteiger partial charge >= 0.3 is 17.1 Å². The summed E-state index contributed by atoms with van der Waals surface area (Å²) in [5.41, 5.74) is 0. The standard InChI is InChI=1S/Fe.5H2O4S.2H2O/c;5*1-5(2,3)4;;/h;5*(H2,1,2,3,4);2*1H2/q+2;;;;;;;/p-12. The summed E-state index contributed by atoms with van der Waals surface area (Å²) in [6.07, 6.45) is 0. The van der Waals surface area contributed by atoms with Crippen molar-refractivity contribution in [1.29, 1.82) is 0 Å². The van der Waals surface area contributed by atoms with Crippen molar-refractivity contribution < 1.29 is 116 Å². The molecule has 0 aliphatic carbocycles. The smallest absolute Gasteiger partial charge is 0.870 e. The van der Waals surface area contributed by atoms with Crippen LogP contribution in [0.2, 0.25) is 0 Å². The third-order valence-corrected chi connectivity index (χ3v) is 0. The van der Waals surface area contributed by atoms with Crippen LogP contribution in [0.5, 0.6) is 0 Å². The fourth-order valence-corrected chi connectivity index (χ4v) is 0. The van der Waals surface area contributed by atoms with Gasteiger partial charge in [0, 0.05) is 52.0 Å². The molecule has 0 bridgehead atoms. The van der Waals surface area contributed by atoms with E-state index in [1.165, 1.54) is 0 Å². The zero-order chi connectivity index (χ0) is 22.5. The Kier molecular flexibility index (Phi) is 36.5. The van der Waals surface area contributed by atoms with Crippen LogP contribution in [0.3, 0.4) is 0 Å². The average Bonchev–Trinajstić information content (AvgIpc) is 1.79. The molecule has 0 amide bonds. The molecule has 0 rings (SSSR count). The molecule has 0 aromatic carbocycles. The van der Waals surface area contributed by atoms with Crippen molar-refractivity contribution in [2.24, 2.45) is 0 Å². The molecule has 0 atom stereocenters. The third-order valence-electron chi connectivity index (χ3n) is 0. The minimum absolute atomic E-state index is 0. The van der Waals surface area contributed by atoms with Gasteiger partial charge in [-0.2, -0.15) is 0 Å². The van der Waals surface area contributed by atoms with Crippen LogP contribution in [0.1, 0.15) is 0 Å². The van der Waals surface area contributed by atoms with Crippen molar-refractivity contribution >= 4 is 52.0 Å². The van der Waals surface area contributed by atoms with Crippen LogP contribution in [0, 0.1) is 0 Å². The molecule has 0 spiro atoms. The Bertz CT molecular complexity index is 615. The average molecular weight is 570 g/mol. The molecule has 0 unspecified atom stereocenters. The second-order valence-electron chi connectivity index (χ2n) is 2.04. The van der Waals surface area contributed by atoms with E-state index in [-0.39, 0.29) is 28.0 Å². The summed E-state index contributed by atoms with van der Waals surface area (Å²) in [5, 5.41) is 0. The summed E-state index contributed by atoms with van der Waals surface area (Å²) >= 11 is 0. The van der Waals surface area contributed by atoms with Gasteiger partial charge in [0.15, 0.2) is 0 Å². The summed E-state index contributed by atoms with van der Waals surface area (Å²) in [5.74, 6) is 0. The molecule has 0 aromatic heterocycles. The molecular weight excluding hydrogens is 568 g/mol. The van der Waals surface area contributed by atoms with Gasteiger partial charge in [-0.05, 0) is 0 Å². The normalized spacial score (nSPS) is 10.4. The molecule has 2 N–H and O–H groups in total. The minimum atomic E-state index is -5.17. The molecule has 0 aromatic rings. The van der Waals surface area contributed by atoms with Crippen LogP contribution in [0.4, 0.5) is 0 Å². The van der Waals surface area contributed by atoms with Gasteiger partial charge in [-0.1, -0.05) is 0 Å². The van der Waals surface area contributed by atoms with Crippen molar-refractivity contribution in [3.8, 4) is 0 Å². The fourth-order valence-electron chi connectivity index (χ4n) is 0. The summed E-state index contributed by atoms with van der Waals surface area (Å²) in [6, 6.07) is 0. The Balaban J connectivity index is -0.0000000290. The van der Waals surface area contributed by atoms with Gasteiger partial charge in [0.05, 0.1) is 0 Å². The number of hydrogen-bond donors (Lipinski definition) is 0. The first-order valence-corrected chi connectivity index (χ1v) is 10.0. The van der Waals surface area contributed by atoms with Gasteiger partial charge in [-0.25, -0.2) is 0 Å². The van der Waals surface area contributed by atoms with E-state index in [2.05, 4.69) is 0 Å². The SMILES string of the molecule is O=S(=O)([O-])[O-].O=S(=O)([O-])[O-].O=S(=O)([O-])[O-].O=S(=O)([O-])[O-].O=S(=O)([O-])[O-].[Fe+2].[OH-].[OH-]. The maximum absolute atomic E-state index is 8.52. The molecule has 0 aliphatic rings. The van der Waals surface area contributed by atoms with Gasteiger partial charge < -0.3 is 56.5 Å². The number of hydrogen-bond acceptors (Lipinski definition) is 22.